The topological polar surface area (TPSA) is 83.3 Å². The molecule has 2 saturated heterocycles. The lowest BCUT2D eigenvalue weighted by molar-refractivity contribution is -0.384. The Labute approximate surface area is 145 Å². The van der Waals surface area contributed by atoms with Crippen molar-refractivity contribution in [3.63, 3.8) is 0 Å². The van der Waals surface area contributed by atoms with Gasteiger partial charge in [-0.15, -0.1) is 0 Å². The molecule has 1 aromatic rings. The molecule has 2 fully saturated rings. The number of hydrogen-bond donors (Lipinski definition) is 0. The molecule has 0 amide bonds. The fourth-order valence-electron chi connectivity index (χ4n) is 3.51. The van der Waals surface area contributed by atoms with Crippen LogP contribution < -0.4 is 9.64 Å². The summed E-state index contributed by atoms with van der Waals surface area (Å²) in [7, 11) is 0. The molecule has 0 aliphatic carbocycles. The molecule has 8 heteroatoms. The van der Waals surface area contributed by atoms with Crippen molar-refractivity contribution in [2.45, 2.75) is 31.7 Å². The molecule has 3 aliphatic rings. The lowest BCUT2D eigenvalue weighted by atomic mass is 9.97. The van der Waals surface area contributed by atoms with Crippen LogP contribution in [-0.2, 0) is 20.6 Å². The molecule has 3 heterocycles. The Kier molecular flexibility index (Phi) is 3.86. The van der Waals surface area contributed by atoms with Crippen LogP contribution in [-0.4, -0.2) is 55.8 Å². The molecule has 1 spiro atoms. The Balaban J connectivity index is 1.64. The average Bonchev–Trinajstić information content (AvgIpc) is 2.95. The average molecular weight is 350 g/mol. The van der Waals surface area contributed by atoms with Gasteiger partial charge in [0.15, 0.2) is 11.4 Å². The van der Waals surface area contributed by atoms with Gasteiger partial charge < -0.3 is 23.8 Å². The van der Waals surface area contributed by atoms with Gasteiger partial charge in [-0.2, -0.15) is 0 Å². The molecule has 3 aliphatic heterocycles. The molecule has 0 unspecified atom stereocenters. The van der Waals surface area contributed by atoms with Gasteiger partial charge in [0.25, 0.3) is 5.69 Å². The largest absolute Gasteiger partial charge is 0.482 e. The van der Waals surface area contributed by atoms with Crippen LogP contribution in [0.3, 0.4) is 0 Å². The van der Waals surface area contributed by atoms with E-state index in [1.807, 2.05) is 18.7 Å². The van der Waals surface area contributed by atoms with Crippen molar-refractivity contribution in [3.8, 4) is 5.75 Å². The van der Waals surface area contributed by atoms with E-state index in [1.165, 1.54) is 0 Å². The van der Waals surface area contributed by atoms with E-state index >= 15 is 0 Å². The quantitative estimate of drug-likeness (QED) is 0.595. The number of nitro groups is 1. The Hall–Kier alpha value is -1.90. The van der Waals surface area contributed by atoms with Crippen LogP contribution in [0.15, 0.2) is 12.1 Å². The van der Waals surface area contributed by atoms with Gasteiger partial charge in [-0.1, -0.05) is 0 Å². The molecule has 0 aromatic heterocycles. The second-order valence-electron chi connectivity index (χ2n) is 7.24. The van der Waals surface area contributed by atoms with Crippen LogP contribution in [0.5, 0.6) is 5.75 Å². The van der Waals surface area contributed by atoms with E-state index in [4.69, 9.17) is 18.9 Å². The Morgan fingerprint density at radius 2 is 1.84 bits per heavy atom. The minimum atomic E-state index is -0.631. The van der Waals surface area contributed by atoms with Crippen molar-refractivity contribution in [2.75, 3.05) is 44.4 Å². The normalized spacial score (nSPS) is 24.0. The van der Waals surface area contributed by atoms with Crippen molar-refractivity contribution in [1.82, 2.24) is 0 Å². The summed E-state index contributed by atoms with van der Waals surface area (Å²) in [5.41, 5.74) is 0.923. The number of anilines is 1. The van der Waals surface area contributed by atoms with Crippen LogP contribution in [0.1, 0.15) is 19.4 Å². The molecular formula is C17H22N2O6. The highest BCUT2D eigenvalue weighted by Gasteiger charge is 2.47. The van der Waals surface area contributed by atoms with Crippen LogP contribution in [0.4, 0.5) is 11.4 Å². The fraction of sp³-hybridized carbons (Fsp3) is 0.647. The van der Waals surface area contributed by atoms with E-state index in [-0.39, 0.29) is 10.6 Å². The van der Waals surface area contributed by atoms with Gasteiger partial charge in [0.1, 0.15) is 11.4 Å². The second-order valence-corrected chi connectivity index (χ2v) is 7.24. The number of nitro benzene ring substituents is 1. The van der Waals surface area contributed by atoms with Gasteiger partial charge in [-0.3, -0.25) is 10.1 Å². The second kappa shape index (κ2) is 5.82. The number of morpholine rings is 1. The van der Waals surface area contributed by atoms with Gasteiger partial charge in [0, 0.05) is 37.2 Å². The van der Waals surface area contributed by atoms with Gasteiger partial charge >= 0.3 is 0 Å². The van der Waals surface area contributed by atoms with Crippen molar-refractivity contribution in [1.29, 1.82) is 0 Å². The summed E-state index contributed by atoms with van der Waals surface area (Å²) in [6.45, 7) is 6.92. The highest BCUT2D eigenvalue weighted by atomic mass is 16.7. The minimum Gasteiger partial charge on any atom is -0.482 e. The van der Waals surface area contributed by atoms with E-state index in [1.54, 1.807) is 12.1 Å². The van der Waals surface area contributed by atoms with Crippen LogP contribution in [0.2, 0.25) is 0 Å². The summed E-state index contributed by atoms with van der Waals surface area (Å²) in [4.78, 5) is 13.2. The predicted molar refractivity (Wildman–Crippen MR) is 89.2 cm³/mol. The molecule has 8 nitrogen and oxygen atoms in total. The van der Waals surface area contributed by atoms with Gasteiger partial charge in [0.05, 0.1) is 31.4 Å². The first-order chi connectivity index (χ1) is 11.9. The molecule has 0 N–H and O–H groups in total. The highest BCUT2D eigenvalue weighted by molar-refractivity contribution is 5.69. The zero-order valence-electron chi connectivity index (χ0n) is 14.4. The summed E-state index contributed by atoms with van der Waals surface area (Å²) in [6.07, 6.45) is 0.544. The summed E-state index contributed by atoms with van der Waals surface area (Å²) < 4.78 is 23.0. The van der Waals surface area contributed by atoms with Crippen LogP contribution in [0, 0.1) is 10.1 Å². The maximum atomic E-state index is 11.6. The Bertz CT molecular complexity index is 689. The maximum absolute atomic E-state index is 11.6. The minimum absolute atomic E-state index is 0.110. The summed E-state index contributed by atoms with van der Waals surface area (Å²) >= 11 is 0. The molecule has 136 valence electrons. The van der Waals surface area contributed by atoms with Gasteiger partial charge in [0.2, 0.25) is 0 Å². The third kappa shape index (κ3) is 3.05. The zero-order valence-corrected chi connectivity index (χ0v) is 14.4. The SMILES string of the molecule is CC1(C)OCC2(CO1)Cc1cc([N+](=O)[O-])c(N3CCOCC3)cc1O2. The van der Waals surface area contributed by atoms with E-state index in [2.05, 4.69) is 0 Å². The standard InChI is InChI=1S/C17H22N2O6/c1-16(2)23-10-17(11-24-16)9-12-7-14(19(20)21)13(8-15(12)25-17)18-3-5-22-6-4-18/h7-8H,3-6,9-11H2,1-2H3. The van der Waals surface area contributed by atoms with Crippen molar-refractivity contribution >= 4 is 11.4 Å². The lowest BCUT2D eigenvalue weighted by Crippen LogP contribution is -2.54. The molecule has 1 aromatic carbocycles. The smallest absolute Gasteiger partial charge is 0.293 e. The maximum Gasteiger partial charge on any atom is 0.293 e. The van der Waals surface area contributed by atoms with Crippen LogP contribution >= 0.6 is 0 Å². The van der Waals surface area contributed by atoms with E-state index in [0.29, 0.717) is 57.4 Å². The zero-order chi connectivity index (χ0) is 17.7. The molecule has 4 rings (SSSR count). The number of hydrogen-bond acceptors (Lipinski definition) is 7. The first-order valence-corrected chi connectivity index (χ1v) is 8.48. The molecule has 0 atom stereocenters. The molecule has 0 saturated carbocycles. The number of ether oxygens (including phenoxy) is 4. The van der Waals surface area contributed by atoms with Crippen molar-refractivity contribution in [2.24, 2.45) is 0 Å². The van der Waals surface area contributed by atoms with Crippen LogP contribution in [0.25, 0.3) is 0 Å². The van der Waals surface area contributed by atoms with E-state index in [0.717, 1.165) is 5.56 Å². The Morgan fingerprint density at radius 1 is 1.16 bits per heavy atom. The summed E-state index contributed by atoms with van der Waals surface area (Å²) in [6, 6.07) is 3.42. The summed E-state index contributed by atoms with van der Waals surface area (Å²) in [5, 5.41) is 11.6. The van der Waals surface area contributed by atoms with E-state index in [9.17, 15) is 10.1 Å². The molecular weight excluding hydrogens is 328 g/mol. The molecule has 25 heavy (non-hydrogen) atoms. The first kappa shape index (κ1) is 16.6. The highest BCUT2D eigenvalue weighted by Crippen LogP contribution is 2.44. The predicted octanol–water partition coefficient (Wildman–Crippen LogP) is 1.89. The monoisotopic (exact) mass is 350 g/mol. The number of benzene rings is 1. The molecule has 0 radical (unpaired) electrons. The third-order valence-corrected chi connectivity index (χ3v) is 4.91. The number of rotatable bonds is 2. The van der Waals surface area contributed by atoms with Crippen molar-refractivity contribution in [3.05, 3.63) is 27.8 Å². The first-order valence-electron chi connectivity index (χ1n) is 8.48. The third-order valence-electron chi connectivity index (χ3n) is 4.91. The van der Waals surface area contributed by atoms with Gasteiger partial charge in [-0.25, -0.2) is 0 Å². The van der Waals surface area contributed by atoms with Gasteiger partial charge in [-0.05, 0) is 13.8 Å². The lowest BCUT2D eigenvalue weighted by Gasteiger charge is -2.40. The number of nitrogens with zero attached hydrogens (tertiary/aromatic N) is 2. The molecule has 0 bridgehead atoms. The fourth-order valence-corrected chi connectivity index (χ4v) is 3.51. The Morgan fingerprint density at radius 3 is 2.48 bits per heavy atom. The van der Waals surface area contributed by atoms with E-state index < -0.39 is 11.4 Å². The van der Waals surface area contributed by atoms with Crippen molar-refractivity contribution < 1.29 is 23.9 Å². The number of fused-ring (bicyclic) bond motifs is 1. The summed E-state index contributed by atoms with van der Waals surface area (Å²) in [5.74, 6) is 0.0490.